The molecule has 0 unspecified atom stereocenters. The minimum Gasteiger partial charge on any atom is -0.493 e. The zero-order valence-corrected chi connectivity index (χ0v) is 17.8. The Morgan fingerprint density at radius 3 is 2.77 bits per heavy atom. The first-order chi connectivity index (χ1) is 15.0. The van der Waals surface area contributed by atoms with Gasteiger partial charge in [-0.05, 0) is 62.9 Å². The maximum atomic E-state index is 12.6. The van der Waals surface area contributed by atoms with Crippen LogP contribution in [0.3, 0.4) is 0 Å². The van der Waals surface area contributed by atoms with Crippen molar-refractivity contribution in [3.63, 3.8) is 0 Å². The molecule has 2 amide bonds. The van der Waals surface area contributed by atoms with E-state index in [4.69, 9.17) is 14.9 Å². The standard InChI is InChI=1S/C25H26N2O4/c1-3-30-22-14-23-20(18-9-4-5-10-21(18)31-23)13-19(22)15(2)11-24(28)27-17-8-6-7-16(12-17)25(26)29/h6-8,11-14H,3-5,9-10H2,1-2H3,(H2,26,29)(H,27,28)/b15-11+. The quantitative estimate of drug-likeness (QED) is 0.560. The van der Waals surface area contributed by atoms with Crippen molar-refractivity contribution < 1.29 is 18.7 Å². The number of aryl methyl sites for hydroxylation is 2. The molecule has 1 aliphatic rings. The predicted molar refractivity (Wildman–Crippen MR) is 121 cm³/mol. The summed E-state index contributed by atoms with van der Waals surface area (Å²) < 4.78 is 11.9. The van der Waals surface area contributed by atoms with Gasteiger partial charge < -0.3 is 20.2 Å². The molecule has 31 heavy (non-hydrogen) atoms. The molecule has 0 aliphatic heterocycles. The number of hydrogen-bond donors (Lipinski definition) is 2. The Morgan fingerprint density at radius 1 is 1.19 bits per heavy atom. The fourth-order valence-electron chi connectivity index (χ4n) is 4.08. The lowest BCUT2D eigenvalue weighted by Gasteiger charge is -2.12. The third-order valence-corrected chi connectivity index (χ3v) is 5.54. The molecule has 0 radical (unpaired) electrons. The Kier molecular flexibility index (Phi) is 5.80. The number of fused-ring (bicyclic) bond motifs is 3. The van der Waals surface area contributed by atoms with E-state index in [9.17, 15) is 9.59 Å². The molecule has 0 spiro atoms. The molecule has 1 heterocycles. The van der Waals surface area contributed by atoms with Crippen LogP contribution in [0.25, 0.3) is 16.5 Å². The van der Waals surface area contributed by atoms with Crippen LogP contribution in [0.4, 0.5) is 5.69 Å². The molecule has 160 valence electrons. The van der Waals surface area contributed by atoms with Gasteiger partial charge in [0.25, 0.3) is 0 Å². The number of ether oxygens (including phenoxy) is 1. The van der Waals surface area contributed by atoms with Crippen molar-refractivity contribution in [3.05, 3.63) is 64.9 Å². The summed E-state index contributed by atoms with van der Waals surface area (Å²) in [5, 5.41) is 3.88. The van der Waals surface area contributed by atoms with Crippen molar-refractivity contribution in [1.82, 2.24) is 0 Å². The fraction of sp³-hybridized carbons (Fsp3) is 0.280. The van der Waals surface area contributed by atoms with E-state index in [1.54, 1.807) is 24.3 Å². The van der Waals surface area contributed by atoms with E-state index in [-0.39, 0.29) is 5.91 Å². The number of amides is 2. The zero-order chi connectivity index (χ0) is 22.0. The van der Waals surface area contributed by atoms with E-state index < -0.39 is 5.91 Å². The lowest BCUT2D eigenvalue weighted by molar-refractivity contribution is -0.111. The second-order valence-electron chi connectivity index (χ2n) is 7.75. The van der Waals surface area contributed by atoms with Crippen LogP contribution in [0.2, 0.25) is 0 Å². The molecular weight excluding hydrogens is 392 g/mol. The van der Waals surface area contributed by atoms with Crippen molar-refractivity contribution in [2.75, 3.05) is 11.9 Å². The van der Waals surface area contributed by atoms with Crippen LogP contribution >= 0.6 is 0 Å². The van der Waals surface area contributed by atoms with Crippen LogP contribution in [-0.4, -0.2) is 18.4 Å². The summed E-state index contributed by atoms with van der Waals surface area (Å²) >= 11 is 0. The van der Waals surface area contributed by atoms with Crippen molar-refractivity contribution >= 4 is 34.0 Å². The van der Waals surface area contributed by atoms with Crippen molar-refractivity contribution in [3.8, 4) is 5.75 Å². The molecule has 0 saturated heterocycles. The normalized spacial score (nSPS) is 13.7. The summed E-state index contributed by atoms with van der Waals surface area (Å²) in [7, 11) is 0. The molecule has 4 rings (SSSR count). The highest BCUT2D eigenvalue weighted by Gasteiger charge is 2.20. The number of hydrogen-bond acceptors (Lipinski definition) is 4. The maximum absolute atomic E-state index is 12.6. The van der Waals surface area contributed by atoms with E-state index in [1.807, 2.05) is 19.9 Å². The highest BCUT2D eigenvalue weighted by Crippen LogP contribution is 2.38. The van der Waals surface area contributed by atoms with Crippen molar-refractivity contribution in [2.45, 2.75) is 39.5 Å². The highest BCUT2D eigenvalue weighted by atomic mass is 16.5. The summed E-state index contributed by atoms with van der Waals surface area (Å²) in [5.74, 6) is 0.921. The van der Waals surface area contributed by atoms with E-state index in [0.717, 1.165) is 53.5 Å². The summed E-state index contributed by atoms with van der Waals surface area (Å²) in [6, 6.07) is 10.5. The van der Waals surface area contributed by atoms with E-state index in [1.165, 1.54) is 11.6 Å². The molecule has 6 nitrogen and oxygen atoms in total. The van der Waals surface area contributed by atoms with Gasteiger partial charge >= 0.3 is 0 Å². The van der Waals surface area contributed by atoms with E-state index in [2.05, 4.69) is 11.4 Å². The predicted octanol–water partition coefficient (Wildman–Crippen LogP) is 4.85. The maximum Gasteiger partial charge on any atom is 0.248 e. The van der Waals surface area contributed by atoms with Crippen molar-refractivity contribution in [1.29, 1.82) is 0 Å². The van der Waals surface area contributed by atoms with Crippen LogP contribution in [-0.2, 0) is 17.6 Å². The van der Waals surface area contributed by atoms with Crippen LogP contribution < -0.4 is 15.8 Å². The average Bonchev–Trinajstić information content (AvgIpc) is 3.11. The number of carbonyl (C=O) groups excluding carboxylic acids is 2. The summed E-state index contributed by atoms with van der Waals surface area (Å²) in [5.41, 5.74) is 9.91. The molecule has 2 aromatic carbocycles. The monoisotopic (exact) mass is 418 g/mol. The van der Waals surface area contributed by atoms with Gasteiger partial charge in [0.2, 0.25) is 11.8 Å². The zero-order valence-electron chi connectivity index (χ0n) is 17.8. The summed E-state index contributed by atoms with van der Waals surface area (Å²) in [6.45, 7) is 4.33. The van der Waals surface area contributed by atoms with Gasteiger partial charge in [-0.2, -0.15) is 0 Å². The first-order valence-corrected chi connectivity index (χ1v) is 10.6. The van der Waals surface area contributed by atoms with E-state index >= 15 is 0 Å². The third kappa shape index (κ3) is 4.33. The van der Waals surface area contributed by atoms with Crippen LogP contribution in [0.1, 0.15) is 53.9 Å². The number of primary amides is 1. The topological polar surface area (TPSA) is 94.6 Å². The van der Waals surface area contributed by atoms with Gasteiger partial charge in [-0.25, -0.2) is 0 Å². The van der Waals surface area contributed by atoms with Gasteiger partial charge in [-0.15, -0.1) is 0 Å². The molecule has 0 fully saturated rings. The first-order valence-electron chi connectivity index (χ1n) is 10.6. The lowest BCUT2D eigenvalue weighted by Crippen LogP contribution is -2.13. The molecule has 0 saturated carbocycles. The van der Waals surface area contributed by atoms with Gasteiger partial charge in [-0.3, -0.25) is 9.59 Å². The van der Waals surface area contributed by atoms with Gasteiger partial charge in [0.15, 0.2) is 0 Å². The smallest absolute Gasteiger partial charge is 0.248 e. The van der Waals surface area contributed by atoms with Crippen LogP contribution in [0, 0.1) is 0 Å². The summed E-state index contributed by atoms with van der Waals surface area (Å²) in [4.78, 5) is 24.0. The Hall–Kier alpha value is -3.54. The SMILES string of the molecule is CCOc1cc2oc3c(c2cc1/C(C)=C/C(=O)Nc1cccc(C(N)=O)c1)CCCC3. The number of nitrogens with one attached hydrogen (secondary N) is 1. The first kappa shape index (κ1) is 20.7. The Morgan fingerprint density at radius 2 is 2.00 bits per heavy atom. The number of allylic oxidation sites excluding steroid dienone is 1. The Balaban J connectivity index is 1.66. The number of nitrogens with two attached hydrogens (primary N) is 1. The molecule has 0 bridgehead atoms. The Labute approximate surface area is 181 Å². The number of rotatable bonds is 6. The third-order valence-electron chi connectivity index (χ3n) is 5.54. The minimum atomic E-state index is -0.541. The molecule has 3 N–H and O–H groups in total. The second-order valence-corrected chi connectivity index (χ2v) is 7.75. The van der Waals surface area contributed by atoms with Crippen LogP contribution in [0.15, 0.2) is 46.9 Å². The Bertz CT molecular complexity index is 1190. The van der Waals surface area contributed by atoms with Crippen molar-refractivity contribution in [2.24, 2.45) is 5.73 Å². The average molecular weight is 418 g/mol. The fourth-order valence-corrected chi connectivity index (χ4v) is 4.08. The molecule has 1 aromatic heterocycles. The highest BCUT2D eigenvalue weighted by molar-refractivity contribution is 6.05. The second kappa shape index (κ2) is 8.68. The molecule has 3 aromatic rings. The molecule has 1 aliphatic carbocycles. The lowest BCUT2D eigenvalue weighted by atomic mass is 9.94. The number of anilines is 1. The number of benzene rings is 2. The molecule has 0 atom stereocenters. The van der Waals surface area contributed by atoms with Gasteiger partial charge in [0.1, 0.15) is 17.1 Å². The number of furan rings is 1. The molecule has 6 heteroatoms. The van der Waals surface area contributed by atoms with Crippen LogP contribution in [0.5, 0.6) is 5.75 Å². The summed E-state index contributed by atoms with van der Waals surface area (Å²) in [6.07, 6.45) is 5.81. The van der Waals surface area contributed by atoms with E-state index in [0.29, 0.717) is 23.6 Å². The number of carbonyl (C=O) groups is 2. The van der Waals surface area contributed by atoms with Gasteiger partial charge in [-0.1, -0.05) is 6.07 Å². The minimum absolute atomic E-state index is 0.295. The van der Waals surface area contributed by atoms with Gasteiger partial charge in [0.05, 0.1) is 6.61 Å². The molecular formula is C25H26N2O4. The largest absolute Gasteiger partial charge is 0.493 e. The van der Waals surface area contributed by atoms with Gasteiger partial charge in [0, 0.05) is 46.3 Å².